The lowest BCUT2D eigenvalue weighted by Gasteiger charge is -2.18. The molecule has 1 aliphatic carbocycles. The molecule has 0 bridgehead atoms. The van der Waals surface area contributed by atoms with E-state index in [2.05, 4.69) is 27.4 Å². The van der Waals surface area contributed by atoms with Gasteiger partial charge < -0.3 is 5.32 Å². The minimum Gasteiger partial charge on any atom is -0.349 e. The van der Waals surface area contributed by atoms with Gasteiger partial charge in [0, 0.05) is 36.6 Å². The van der Waals surface area contributed by atoms with E-state index >= 15 is 0 Å². The third kappa shape index (κ3) is 3.50. The molecule has 1 aromatic heterocycles. The van der Waals surface area contributed by atoms with Crippen LogP contribution in [0.1, 0.15) is 46.9 Å². The van der Waals surface area contributed by atoms with Crippen molar-refractivity contribution in [2.75, 3.05) is 0 Å². The number of hydrogen-bond acceptors (Lipinski definition) is 3. The number of benzene rings is 1. The first kappa shape index (κ1) is 14.7. The summed E-state index contributed by atoms with van der Waals surface area (Å²) in [5, 5.41) is 3.04. The van der Waals surface area contributed by atoms with E-state index in [1.54, 1.807) is 18.6 Å². The summed E-state index contributed by atoms with van der Waals surface area (Å²) in [5.41, 5.74) is 4.38. The first-order chi connectivity index (χ1) is 10.7. The van der Waals surface area contributed by atoms with Gasteiger partial charge in [-0.1, -0.05) is 6.07 Å². The molecule has 4 heteroatoms. The number of hydrogen-bond donors (Lipinski definition) is 1. The molecule has 1 N–H and O–H groups in total. The largest absolute Gasteiger partial charge is 0.349 e. The monoisotopic (exact) mass is 295 g/mol. The zero-order valence-corrected chi connectivity index (χ0v) is 12.9. The smallest absolute Gasteiger partial charge is 0.251 e. The summed E-state index contributed by atoms with van der Waals surface area (Å²) in [5.74, 6) is -0.00948. The molecule has 114 valence electrons. The van der Waals surface area contributed by atoms with Crippen molar-refractivity contribution in [3.8, 4) is 0 Å². The number of rotatable bonds is 4. The van der Waals surface area contributed by atoms with Gasteiger partial charge in [0.25, 0.3) is 5.91 Å². The third-order valence-electron chi connectivity index (χ3n) is 4.12. The van der Waals surface area contributed by atoms with Crippen molar-refractivity contribution in [1.29, 1.82) is 0 Å². The zero-order valence-electron chi connectivity index (χ0n) is 12.9. The Morgan fingerprint density at radius 1 is 1.23 bits per heavy atom. The Kier molecular flexibility index (Phi) is 4.47. The van der Waals surface area contributed by atoms with Crippen molar-refractivity contribution >= 4 is 5.91 Å². The highest BCUT2D eigenvalue weighted by Crippen LogP contribution is 2.22. The molecule has 1 amide bonds. The highest BCUT2D eigenvalue weighted by atomic mass is 16.1. The topological polar surface area (TPSA) is 54.9 Å². The van der Waals surface area contributed by atoms with Crippen molar-refractivity contribution < 1.29 is 4.79 Å². The van der Waals surface area contributed by atoms with Crippen molar-refractivity contribution in [1.82, 2.24) is 15.3 Å². The van der Waals surface area contributed by atoms with Gasteiger partial charge in [0.15, 0.2) is 0 Å². The summed E-state index contributed by atoms with van der Waals surface area (Å²) in [4.78, 5) is 20.7. The first-order valence-electron chi connectivity index (χ1n) is 7.90. The number of fused-ring (bicyclic) bond motifs is 1. The average molecular weight is 295 g/mol. The van der Waals surface area contributed by atoms with Crippen molar-refractivity contribution in [2.45, 2.75) is 45.1 Å². The molecular weight excluding hydrogens is 274 g/mol. The summed E-state index contributed by atoms with van der Waals surface area (Å²) < 4.78 is 0. The highest BCUT2D eigenvalue weighted by molar-refractivity contribution is 5.94. The zero-order chi connectivity index (χ0) is 15.4. The van der Waals surface area contributed by atoms with E-state index in [1.165, 1.54) is 24.0 Å². The van der Waals surface area contributed by atoms with E-state index in [0.29, 0.717) is 6.42 Å². The van der Waals surface area contributed by atoms with Crippen LogP contribution in [-0.4, -0.2) is 21.9 Å². The molecule has 1 aromatic carbocycles. The maximum Gasteiger partial charge on any atom is 0.251 e. The van der Waals surface area contributed by atoms with Gasteiger partial charge in [-0.3, -0.25) is 14.8 Å². The summed E-state index contributed by atoms with van der Waals surface area (Å²) in [6, 6.07) is 6.13. The van der Waals surface area contributed by atoms with Gasteiger partial charge in [-0.15, -0.1) is 0 Å². The van der Waals surface area contributed by atoms with Gasteiger partial charge in [0.05, 0.1) is 5.69 Å². The van der Waals surface area contributed by atoms with Crippen LogP contribution in [0, 0.1) is 0 Å². The number of amides is 1. The average Bonchev–Trinajstić information content (AvgIpc) is 2.55. The van der Waals surface area contributed by atoms with Crippen LogP contribution in [0.15, 0.2) is 36.8 Å². The fourth-order valence-electron chi connectivity index (χ4n) is 2.98. The lowest BCUT2D eigenvalue weighted by Crippen LogP contribution is -2.34. The lowest BCUT2D eigenvalue weighted by molar-refractivity contribution is 0.0940. The van der Waals surface area contributed by atoms with Gasteiger partial charge in [-0.2, -0.15) is 0 Å². The van der Waals surface area contributed by atoms with Crippen LogP contribution in [0.5, 0.6) is 0 Å². The Morgan fingerprint density at radius 2 is 2.05 bits per heavy atom. The summed E-state index contributed by atoms with van der Waals surface area (Å²) in [6.45, 7) is 1.99. The van der Waals surface area contributed by atoms with Crippen LogP contribution in [0.4, 0.5) is 0 Å². The van der Waals surface area contributed by atoms with Gasteiger partial charge >= 0.3 is 0 Å². The van der Waals surface area contributed by atoms with Crippen molar-refractivity contribution in [2.24, 2.45) is 0 Å². The molecule has 0 fully saturated rings. The summed E-state index contributed by atoms with van der Waals surface area (Å²) in [6.07, 6.45) is 10.5. The van der Waals surface area contributed by atoms with Crippen molar-refractivity contribution in [3.63, 3.8) is 0 Å². The van der Waals surface area contributed by atoms with Crippen LogP contribution in [0.25, 0.3) is 0 Å². The first-order valence-corrected chi connectivity index (χ1v) is 7.90. The number of nitrogens with zero attached hydrogens (tertiary/aromatic N) is 2. The number of aromatic nitrogens is 2. The molecule has 0 unspecified atom stereocenters. The van der Waals surface area contributed by atoms with Crippen LogP contribution >= 0.6 is 0 Å². The lowest BCUT2D eigenvalue weighted by atomic mass is 9.90. The van der Waals surface area contributed by atoms with Gasteiger partial charge in [-0.25, -0.2) is 0 Å². The van der Waals surface area contributed by atoms with Crippen LogP contribution < -0.4 is 5.32 Å². The second-order valence-corrected chi connectivity index (χ2v) is 5.97. The number of nitrogens with one attached hydrogen (secondary N) is 1. The Morgan fingerprint density at radius 3 is 2.82 bits per heavy atom. The van der Waals surface area contributed by atoms with Crippen LogP contribution in [-0.2, 0) is 19.3 Å². The number of aryl methyl sites for hydroxylation is 2. The fraction of sp³-hybridized carbons (Fsp3) is 0.389. The minimum atomic E-state index is -0.00948. The van der Waals surface area contributed by atoms with Crippen LogP contribution in [0.2, 0.25) is 0 Å². The molecule has 2 aromatic rings. The van der Waals surface area contributed by atoms with Crippen molar-refractivity contribution in [3.05, 3.63) is 59.2 Å². The molecule has 1 aliphatic rings. The minimum absolute atomic E-state index is 0.00948. The Balaban J connectivity index is 1.64. The van der Waals surface area contributed by atoms with Gasteiger partial charge in [-0.05, 0) is 55.9 Å². The molecular formula is C18H21N3O. The van der Waals surface area contributed by atoms with E-state index < -0.39 is 0 Å². The number of carbonyl (C=O) groups excluding carboxylic acids is 1. The molecule has 0 saturated heterocycles. The third-order valence-corrected chi connectivity index (χ3v) is 4.12. The Bertz CT molecular complexity index is 655. The maximum atomic E-state index is 12.4. The molecule has 4 nitrogen and oxygen atoms in total. The second kappa shape index (κ2) is 6.69. The Labute approximate surface area is 131 Å². The molecule has 0 saturated carbocycles. The second-order valence-electron chi connectivity index (χ2n) is 5.97. The maximum absolute atomic E-state index is 12.4. The van der Waals surface area contributed by atoms with E-state index in [9.17, 15) is 4.79 Å². The predicted molar refractivity (Wildman–Crippen MR) is 85.7 cm³/mol. The molecule has 1 heterocycles. The van der Waals surface area contributed by atoms with E-state index in [1.807, 2.05) is 13.0 Å². The Hall–Kier alpha value is -2.23. The molecule has 0 spiro atoms. The molecule has 1 atom stereocenters. The van der Waals surface area contributed by atoms with E-state index in [-0.39, 0.29) is 11.9 Å². The molecule has 22 heavy (non-hydrogen) atoms. The molecule has 0 radical (unpaired) electrons. The summed E-state index contributed by atoms with van der Waals surface area (Å²) >= 11 is 0. The highest BCUT2D eigenvalue weighted by Gasteiger charge is 2.14. The standard InChI is InChI=1S/C18H21N3O/c1-13(10-17-12-19-8-9-20-17)21-18(22)16-7-6-14-4-2-3-5-15(14)11-16/h6-9,11-13H,2-5,10H2,1H3,(H,21,22)/t13-/m1/s1. The SMILES string of the molecule is C[C@H](Cc1cnccn1)NC(=O)c1ccc2c(c1)CCCC2. The normalized spacial score (nSPS) is 15.0. The summed E-state index contributed by atoms with van der Waals surface area (Å²) in [7, 11) is 0. The molecule has 0 aliphatic heterocycles. The number of carbonyl (C=O) groups is 1. The van der Waals surface area contributed by atoms with E-state index in [0.717, 1.165) is 24.1 Å². The van der Waals surface area contributed by atoms with E-state index in [4.69, 9.17) is 0 Å². The molecule has 3 rings (SSSR count). The predicted octanol–water partition coefficient (Wildman–Crippen LogP) is 2.72. The quantitative estimate of drug-likeness (QED) is 0.943. The van der Waals surface area contributed by atoms with Crippen LogP contribution in [0.3, 0.4) is 0 Å². The fourth-order valence-corrected chi connectivity index (χ4v) is 2.98. The van der Waals surface area contributed by atoms with Gasteiger partial charge in [0.2, 0.25) is 0 Å². The van der Waals surface area contributed by atoms with Gasteiger partial charge in [0.1, 0.15) is 0 Å².